The highest BCUT2D eigenvalue weighted by Crippen LogP contribution is 2.33. The Labute approximate surface area is 102 Å². The quantitative estimate of drug-likeness (QED) is 0.670. The predicted molar refractivity (Wildman–Crippen MR) is 68.5 cm³/mol. The molecule has 2 rings (SSSR count). The standard InChI is InChI=1S/C11H11N3O2S/c1-7-8(5-6-17-7)11-9(14(15)16)3-4-10(12-2)13-11/h3-6H,1-2H3,(H,12,13). The molecule has 88 valence electrons. The minimum absolute atomic E-state index is 0.0329. The van der Waals surface area contributed by atoms with Crippen molar-refractivity contribution in [1.29, 1.82) is 0 Å². The monoisotopic (exact) mass is 249 g/mol. The number of hydrogen-bond acceptors (Lipinski definition) is 5. The summed E-state index contributed by atoms with van der Waals surface area (Å²) in [4.78, 5) is 15.9. The fraction of sp³-hybridized carbons (Fsp3) is 0.182. The molecule has 2 aromatic heterocycles. The van der Waals surface area contributed by atoms with Gasteiger partial charge in [0.15, 0.2) is 5.69 Å². The summed E-state index contributed by atoms with van der Waals surface area (Å²) in [6.07, 6.45) is 0. The van der Waals surface area contributed by atoms with Crippen LogP contribution in [0, 0.1) is 17.0 Å². The van der Waals surface area contributed by atoms with Crippen molar-refractivity contribution >= 4 is 22.8 Å². The molecular weight excluding hydrogens is 238 g/mol. The average molecular weight is 249 g/mol. The van der Waals surface area contributed by atoms with Gasteiger partial charge in [-0.05, 0) is 24.4 Å². The van der Waals surface area contributed by atoms with Gasteiger partial charge in [0, 0.05) is 23.6 Å². The van der Waals surface area contributed by atoms with E-state index in [0.29, 0.717) is 11.5 Å². The van der Waals surface area contributed by atoms with Crippen LogP contribution in [-0.4, -0.2) is 17.0 Å². The van der Waals surface area contributed by atoms with E-state index in [1.165, 1.54) is 6.07 Å². The van der Waals surface area contributed by atoms with E-state index >= 15 is 0 Å². The second kappa shape index (κ2) is 4.50. The van der Waals surface area contributed by atoms with Gasteiger partial charge in [0.25, 0.3) is 5.69 Å². The van der Waals surface area contributed by atoms with Crippen LogP contribution in [0.1, 0.15) is 4.88 Å². The molecule has 0 unspecified atom stereocenters. The number of nitro groups is 1. The fourth-order valence-corrected chi connectivity index (χ4v) is 2.27. The lowest BCUT2D eigenvalue weighted by atomic mass is 10.1. The van der Waals surface area contributed by atoms with Crippen molar-refractivity contribution in [2.45, 2.75) is 6.92 Å². The number of pyridine rings is 1. The van der Waals surface area contributed by atoms with E-state index in [-0.39, 0.29) is 5.69 Å². The highest BCUT2D eigenvalue weighted by atomic mass is 32.1. The minimum atomic E-state index is -0.404. The zero-order valence-electron chi connectivity index (χ0n) is 9.43. The zero-order valence-corrected chi connectivity index (χ0v) is 10.2. The van der Waals surface area contributed by atoms with Crippen molar-refractivity contribution in [2.24, 2.45) is 0 Å². The van der Waals surface area contributed by atoms with Crippen LogP contribution < -0.4 is 5.32 Å². The van der Waals surface area contributed by atoms with Gasteiger partial charge in [-0.15, -0.1) is 11.3 Å². The van der Waals surface area contributed by atoms with Crippen molar-refractivity contribution < 1.29 is 4.92 Å². The third-order valence-corrected chi connectivity index (χ3v) is 3.29. The van der Waals surface area contributed by atoms with E-state index in [0.717, 1.165) is 10.4 Å². The van der Waals surface area contributed by atoms with Crippen molar-refractivity contribution in [2.75, 3.05) is 12.4 Å². The first kappa shape index (κ1) is 11.5. The third-order valence-electron chi connectivity index (χ3n) is 2.44. The maximum absolute atomic E-state index is 11.0. The Morgan fingerprint density at radius 1 is 1.41 bits per heavy atom. The maximum atomic E-state index is 11.0. The summed E-state index contributed by atoms with van der Waals surface area (Å²) in [5, 5.41) is 15.8. The Hall–Kier alpha value is -1.95. The Kier molecular flexibility index (Phi) is 3.06. The van der Waals surface area contributed by atoms with E-state index in [1.54, 1.807) is 24.5 Å². The van der Waals surface area contributed by atoms with Gasteiger partial charge in [-0.3, -0.25) is 10.1 Å². The van der Waals surface area contributed by atoms with Gasteiger partial charge >= 0.3 is 0 Å². The molecule has 0 aliphatic heterocycles. The number of rotatable bonds is 3. The first-order valence-corrected chi connectivity index (χ1v) is 5.89. The van der Waals surface area contributed by atoms with Crippen molar-refractivity contribution in [3.63, 3.8) is 0 Å². The second-order valence-corrected chi connectivity index (χ2v) is 4.58. The lowest BCUT2D eigenvalue weighted by Gasteiger charge is -2.04. The molecule has 17 heavy (non-hydrogen) atoms. The van der Waals surface area contributed by atoms with Crippen molar-refractivity contribution in [3.8, 4) is 11.3 Å². The van der Waals surface area contributed by atoms with Crippen LogP contribution in [-0.2, 0) is 0 Å². The number of aryl methyl sites for hydroxylation is 1. The molecule has 0 aliphatic rings. The van der Waals surface area contributed by atoms with Crippen LogP contribution >= 0.6 is 11.3 Å². The van der Waals surface area contributed by atoms with E-state index in [9.17, 15) is 10.1 Å². The third kappa shape index (κ3) is 2.12. The zero-order chi connectivity index (χ0) is 12.4. The van der Waals surface area contributed by atoms with Gasteiger partial charge in [-0.1, -0.05) is 0 Å². The van der Waals surface area contributed by atoms with Crippen molar-refractivity contribution in [1.82, 2.24) is 4.98 Å². The first-order chi connectivity index (χ1) is 8.13. The molecule has 0 bridgehead atoms. The summed E-state index contributed by atoms with van der Waals surface area (Å²) < 4.78 is 0. The minimum Gasteiger partial charge on any atom is -0.373 e. The normalized spacial score (nSPS) is 10.2. The maximum Gasteiger partial charge on any atom is 0.295 e. The molecule has 0 aliphatic carbocycles. The van der Waals surface area contributed by atoms with Gasteiger partial charge in [-0.25, -0.2) is 4.98 Å². The Balaban J connectivity index is 2.65. The molecule has 0 radical (unpaired) electrons. The summed E-state index contributed by atoms with van der Waals surface area (Å²) in [5.74, 6) is 0.621. The number of thiophene rings is 1. The van der Waals surface area contributed by atoms with Gasteiger partial charge in [0.05, 0.1) is 4.92 Å². The molecule has 0 aromatic carbocycles. The number of anilines is 1. The largest absolute Gasteiger partial charge is 0.373 e. The van der Waals surface area contributed by atoms with Gasteiger partial charge in [-0.2, -0.15) is 0 Å². The molecule has 0 atom stereocenters. The smallest absolute Gasteiger partial charge is 0.295 e. The number of nitrogens with one attached hydrogen (secondary N) is 1. The lowest BCUT2D eigenvalue weighted by molar-refractivity contribution is -0.384. The van der Waals surface area contributed by atoms with Crippen molar-refractivity contribution in [3.05, 3.63) is 38.6 Å². The molecule has 6 heteroatoms. The van der Waals surface area contributed by atoms with Crippen LogP contribution in [0.2, 0.25) is 0 Å². The van der Waals surface area contributed by atoms with Gasteiger partial charge in [0.1, 0.15) is 5.82 Å². The fourth-order valence-electron chi connectivity index (χ4n) is 1.57. The molecule has 2 heterocycles. The predicted octanol–water partition coefficient (Wildman–Crippen LogP) is 3.07. The van der Waals surface area contributed by atoms with Gasteiger partial charge in [0.2, 0.25) is 0 Å². The van der Waals surface area contributed by atoms with E-state index < -0.39 is 4.92 Å². The highest BCUT2D eigenvalue weighted by molar-refractivity contribution is 7.10. The van der Waals surface area contributed by atoms with Crippen LogP contribution in [0.15, 0.2) is 23.6 Å². The molecule has 0 spiro atoms. The van der Waals surface area contributed by atoms with E-state index in [2.05, 4.69) is 10.3 Å². The highest BCUT2D eigenvalue weighted by Gasteiger charge is 2.19. The molecule has 0 saturated carbocycles. The molecule has 1 N–H and O–H groups in total. The molecule has 5 nitrogen and oxygen atoms in total. The Morgan fingerprint density at radius 3 is 2.71 bits per heavy atom. The van der Waals surface area contributed by atoms with Crippen LogP contribution in [0.25, 0.3) is 11.3 Å². The van der Waals surface area contributed by atoms with Crippen LogP contribution in [0.5, 0.6) is 0 Å². The second-order valence-electron chi connectivity index (χ2n) is 3.46. The molecule has 0 fully saturated rings. The number of nitrogens with zero attached hydrogens (tertiary/aromatic N) is 2. The number of aromatic nitrogens is 1. The van der Waals surface area contributed by atoms with E-state index in [4.69, 9.17) is 0 Å². The molecule has 0 saturated heterocycles. The summed E-state index contributed by atoms with van der Waals surface area (Å²) in [6.45, 7) is 1.93. The molecule has 2 aromatic rings. The van der Waals surface area contributed by atoms with Gasteiger partial charge < -0.3 is 5.32 Å². The average Bonchev–Trinajstić information content (AvgIpc) is 2.74. The summed E-state index contributed by atoms with van der Waals surface area (Å²) >= 11 is 1.55. The van der Waals surface area contributed by atoms with E-state index in [1.807, 2.05) is 18.4 Å². The lowest BCUT2D eigenvalue weighted by Crippen LogP contribution is -1.98. The molecular formula is C11H11N3O2S. The SMILES string of the molecule is CNc1ccc([N+](=O)[O-])c(-c2ccsc2C)n1. The first-order valence-electron chi connectivity index (χ1n) is 5.01. The molecule has 0 amide bonds. The topological polar surface area (TPSA) is 68.1 Å². The summed E-state index contributed by atoms with van der Waals surface area (Å²) in [7, 11) is 1.73. The Morgan fingerprint density at radius 2 is 2.18 bits per heavy atom. The Bertz CT molecular complexity index is 566. The summed E-state index contributed by atoms with van der Waals surface area (Å²) in [6, 6.07) is 4.93. The summed E-state index contributed by atoms with van der Waals surface area (Å²) in [5.41, 5.74) is 1.27. The van der Waals surface area contributed by atoms with Crippen LogP contribution in [0.4, 0.5) is 11.5 Å². The number of hydrogen-bond donors (Lipinski definition) is 1. The van der Waals surface area contributed by atoms with Crippen LogP contribution in [0.3, 0.4) is 0 Å².